The van der Waals surface area contributed by atoms with Crippen LogP contribution in [0.15, 0.2) is 24.3 Å². The lowest BCUT2D eigenvalue weighted by atomic mass is 10.0. The fourth-order valence-corrected chi connectivity index (χ4v) is 3.85. The maximum atomic E-state index is 13.1. The Bertz CT molecular complexity index is 870. The molecule has 0 saturated carbocycles. The van der Waals surface area contributed by atoms with Gasteiger partial charge in [0.15, 0.2) is 5.82 Å². The molecule has 0 spiro atoms. The molecule has 3 rings (SSSR count). The van der Waals surface area contributed by atoms with Crippen LogP contribution in [0.3, 0.4) is 0 Å². The standard InChI is InChI=1S/C23H32N4O2/c1-4-5-9-14-24-22(28)20-19-13-8-10-15-27(19)21(26-20)23(29)25-18-12-7-6-11-17(18)16(2)3/h6-7,11-12,16H,4-5,8-10,13-15H2,1-3H3,(H,24,28)(H,25,29). The molecule has 2 amide bonds. The Morgan fingerprint density at radius 2 is 1.93 bits per heavy atom. The molecule has 6 heteroatoms. The third-order valence-electron chi connectivity index (χ3n) is 5.43. The first-order valence-corrected chi connectivity index (χ1v) is 10.8. The van der Waals surface area contributed by atoms with Crippen molar-refractivity contribution in [1.29, 1.82) is 0 Å². The Balaban J connectivity index is 1.83. The van der Waals surface area contributed by atoms with Gasteiger partial charge < -0.3 is 15.2 Å². The van der Waals surface area contributed by atoms with Crippen molar-refractivity contribution in [2.75, 3.05) is 11.9 Å². The molecule has 29 heavy (non-hydrogen) atoms. The molecule has 6 nitrogen and oxygen atoms in total. The Kier molecular flexibility index (Phi) is 7.07. The van der Waals surface area contributed by atoms with Gasteiger partial charge in [0.2, 0.25) is 0 Å². The lowest BCUT2D eigenvalue weighted by Gasteiger charge is -2.18. The SMILES string of the molecule is CCCCCNC(=O)c1nc(C(=O)Nc2ccccc2C(C)C)n2c1CCCC2. The van der Waals surface area contributed by atoms with Gasteiger partial charge in [0.25, 0.3) is 11.8 Å². The number of anilines is 1. The van der Waals surface area contributed by atoms with Gasteiger partial charge in [-0.15, -0.1) is 0 Å². The van der Waals surface area contributed by atoms with Crippen molar-refractivity contribution in [2.24, 2.45) is 0 Å². The smallest absolute Gasteiger partial charge is 0.291 e. The highest BCUT2D eigenvalue weighted by molar-refractivity contribution is 6.04. The molecule has 2 N–H and O–H groups in total. The number of para-hydroxylation sites is 1. The highest BCUT2D eigenvalue weighted by atomic mass is 16.2. The fourth-order valence-electron chi connectivity index (χ4n) is 3.85. The number of imidazole rings is 1. The van der Waals surface area contributed by atoms with Crippen molar-refractivity contribution in [3.63, 3.8) is 0 Å². The lowest BCUT2D eigenvalue weighted by molar-refractivity contribution is 0.0947. The predicted octanol–water partition coefficient (Wildman–Crippen LogP) is 4.52. The second-order valence-corrected chi connectivity index (χ2v) is 8.00. The molecule has 0 bridgehead atoms. The van der Waals surface area contributed by atoms with E-state index in [9.17, 15) is 9.59 Å². The molecule has 156 valence electrons. The van der Waals surface area contributed by atoms with Crippen LogP contribution in [0.5, 0.6) is 0 Å². The molecule has 1 aliphatic heterocycles. The molecule has 2 heterocycles. The molecule has 0 fully saturated rings. The molecule has 0 radical (unpaired) electrons. The van der Waals surface area contributed by atoms with Gasteiger partial charge in [-0.25, -0.2) is 4.98 Å². The van der Waals surface area contributed by atoms with Gasteiger partial charge in [0, 0.05) is 18.8 Å². The monoisotopic (exact) mass is 396 g/mol. The topological polar surface area (TPSA) is 76.0 Å². The maximum absolute atomic E-state index is 13.1. The average molecular weight is 397 g/mol. The summed E-state index contributed by atoms with van der Waals surface area (Å²) in [5.74, 6) is 0.196. The predicted molar refractivity (Wildman–Crippen MR) is 116 cm³/mol. The number of carbonyl (C=O) groups is 2. The van der Waals surface area contributed by atoms with Crippen molar-refractivity contribution in [3.8, 4) is 0 Å². The molecule has 1 aliphatic rings. The van der Waals surface area contributed by atoms with E-state index in [1.165, 1.54) is 0 Å². The van der Waals surface area contributed by atoms with Gasteiger partial charge in [-0.05, 0) is 43.2 Å². The van der Waals surface area contributed by atoms with E-state index in [1.54, 1.807) is 0 Å². The van der Waals surface area contributed by atoms with E-state index in [1.807, 2.05) is 28.8 Å². The van der Waals surface area contributed by atoms with E-state index in [0.717, 1.165) is 62.0 Å². The van der Waals surface area contributed by atoms with E-state index in [2.05, 4.69) is 36.4 Å². The first kappa shape index (κ1) is 21.1. The van der Waals surface area contributed by atoms with Crippen LogP contribution in [0, 0.1) is 0 Å². The quantitative estimate of drug-likeness (QED) is 0.644. The Hall–Kier alpha value is -2.63. The number of nitrogens with one attached hydrogen (secondary N) is 2. The van der Waals surface area contributed by atoms with Crippen LogP contribution >= 0.6 is 0 Å². The summed E-state index contributed by atoms with van der Waals surface area (Å²) < 4.78 is 1.93. The molecule has 0 unspecified atom stereocenters. The van der Waals surface area contributed by atoms with E-state index in [0.29, 0.717) is 24.0 Å². The number of aromatic nitrogens is 2. The molecule has 0 aliphatic carbocycles. The third-order valence-corrected chi connectivity index (χ3v) is 5.43. The minimum atomic E-state index is -0.258. The van der Waals surface area contributed by atoms with Crippen molar-refractivity contribution in [3.05, 3.63) is 47.0 Å². The molecule has 1 aromatic carbocycles. The number of hydrogen-bond donors (Lipinski definition) is 2. The number of amides is 2. The Labute approximate surface area is 173 Å². The second-order valence-electron chi connectivity index (χ2n) is 8.00. The minimum Gasteiger partial charge on any atom is -0.351 e. The zero-order chi connectivity index (χ0) is 20.8. The molecule has 2 aromatic rings. The van der Waals surface area contributed by atoms with Crippen molar-refractivity contribution >= 4 is 17.5 Å². The van der Waals surface area contributed by atoms with Crippen LogP contribution in [0.2, 0.25) is 0 Å². The number of fused-ring (bicyclic) bond motifs is 1. The number of rotatable bonds is 8. The van der Waals surface area contributed by atoms with Crippen LogP contribution in [0.25, 0.3) is 0 Å². The maximum Gasteiger partial charge on any atom is 0.291 e. The summed E-state index contributed by atoms with van der Waals surface area (Å²) >= 11 is 0. The van der Waals surface area contributed by atoms with Crippen LogP contribution in [0.4, 0.5) is 5.69 Å². The van der Waals surface area contributed by atoms with Gasteiger partial charge >= 0.3 is 0 Å². The molecule has 1 aromatic heterocycles. The van der Waals surface area contributed by atoms with E-state index in [-0.39, 0.29) is 11.8 Å². The first-order valence-electron chi connectivity index (χ1n) is 10.8. The average Bonchev–Trinajstić information content (AvgIpc) is 3.11. The first-order chi connectivity index (χ1) is 14.0. The van der Waals surface area contributed by atoms with Crippen LogP contribution < -0.4 is 10.6 Å². The summed E-state index contributed by atoms with van der Waals surface area (Å²) in [6.45, 7) is 7.70. The zero-order valence-electron chi connectivity index (χ0n) is 17.8. The lowest BCUT2D eigenvalue weighted by Crippen LogP contribution is -2.26. The summed E-state index contributed by atoms with van der Waals surface area (Å²) in [4.78, 5) is 30.3. The van der Waals surface area contributed by atoms with Crippen LogP contribution in [-0.4, -0.2) is 27.9 Å². The summed E-state index contributed by atoms with van der Waals surface area (Å²) in [5, 5.41) is 5.98. The van der Waals surface area contributed by atoms with E-state index < -0.39 is 0 Å². The summed E-state index contributed by atoms with van der Waals surface area (Å²) in [6, 6.07) is 7.83. The molecular formula is C23H32N4O2. The molecule has 0 saturated heterocycles. The summed E-state index contributed by atoms with van der Waals surface area (Å²) in [7, 11) is 0. The van der Waals surface area contributed by atoms with Gasteiger partial charge in [0.1, 0.15) is 5.69 Å². The number of nitrogens with zero attached hydrogens (tertiary/aromatic N) is 2. The van der Waals surface area contributed by atoms with Crippen molar-refractivity contribution in [1.82, 2.24) is 14.9 Å². The largest absolute Gasteiger partial charge is 0.351 e. The highest BCUT2D eigenvalue weighted by Crippen LogP contribution is 2.26. The number of benzene rings is 1. The zero-order valence-corrected chi connectivity index (χ0v) is 17.8. The normalized spacial score (nSPS) is 13.2. The van der Waals surface area contributed by atoms with Gasteiger partial charge in [-0.2, -0.15) is 0 Å². The van der Waals surface area contributed by atoms with E-state index >= 15 is 0 Å². The Morgan fingerprint density at radius 3 is 2.69 bits per heavy atom. The minimum absolute atomic E-state index is 0.173. The second kappa shape index (κ2) is 9.72. The third kappa shape index (κ3) is 4.86. The summed E-state index contributed by atoms with van der Waals surface area (Å²) in [6.07, 6.45) is 5.93. The summed E-state index contributed by atoms with van der Waals surface area (Å²) in [5.41, 5.74) is 3.17. The highest BCUT2D eigenvalue weighted by Gasteiger charge is 2.27. The number of unbranched alkanes of at least 4 members (excludes halogenated alkanes) is 2. The van der Waals surface area contributed by atoms with Gasteiger partial charge in [0.05, 0.1) is 5.69 Å². The number of hydrogen-bond acceptors (Lipinski definition) is 3. The van der Waals surface area contributed by atoms with E-state index in [4.69, 9.17) is 0 Å². The van der Waals surface area contributed by atoms with Crippen LogP contribution in [0.1, 0.15) is 91.2 Å². The Morgan fingerprint density at radius 1 is 1.14 bits per heavy atom. The fraction of sp³-hybridized carbons (Fsp3) is 0.522. The van der Waals surface area contributed by atoms with Crippen molar-refractivity contribution < 1.29 is 9.59 Å². The van der Waals surface area contributed by atoms with Gasteiger partial charge in [-0.1, -0.05) is 51.8 Å². The molecule has 0 atom stereocenters. The van der Waals surface area contributed by atoms with Crippen LogP contribution in [-0.2, 0) is 13.0 Å². The van der Waals surface area contributed by atoms with Gasteiger partial charge in [-0.3, -0.25) is 9.59 Å². The molecular weight excluding hydrogens is 364 g/mol. The number of carbonyl (C=O) groups excluding carboxylic acids is 2. The van der Waals surface area contributed by atoms with Crippen molar-refractivity contribution in [2.45, 2.75) is 71.8 Å².